The van der Waals surface area contributed by atoms with Gasteiger partial charge in [0.25, 0.3) is 5.91 Å². The minimum Gasteiger partial charge on any atom is -0.352 e. The summed E-state index contributed by atoms with van der Waals surface area (Å²) in [6.07, 6.45) is 3.60. The van der Waals surface area contributed by atoms with E-state index in [9.17, 15) is 4.79 Å². The van der Waals surface area contributed by atoms with Crippen LogP contribution in [0, 0.1) is 15.4 Å². The molecule has 1 aromatic carbocycles. The zero-order valence-electron chi connectivity index (χ0n) is 10.5. The van der Waals surface area contributed by atoms with Gasteiger partial charge in [-0.3, -0.25) is 4.79 Å². The number of halogens is 3. The molecular weight excluding hydrogens is 440 g/mol. The highest BCUT2D eigenvalue weighted by atomic mass is 127. The van der Waals surface area contributed by atoms with E-state index in [1.807, 2.05) is 18.2 Å². The predicted octanol–water partition coefficient (Wildman–Crippen LogP) is 4.44. The second kappa shape index (κ2) is 7.27. The van der Waals surface area contributed by atoms with Gasteiger partial charge in [-0.05, 0) is 65.5 Å². The van der Waals surface area contributed by atoms with Crippen LogP contribution in [0.1, 0.15) is 29.6 Å². The Bertz CT molecular complexity index is 469. The normalized spacial score (nSPS) is 22.5. The van der Waals surface area contributed by atoms with Gasteiger partial charge in [0.2, 0.25) is 0 Å². The van der Waals surface area contributed by atoms with Crippen LogP contribution in [0.15, 0.2) is 22.7 Å². The number of benzene rings is 1. The highest BCUT2D eigenvalue weighted by Gasteiger charge is 2.26. The predicted molar refractivity (Wildman–Crippen MR) is 90.7 cm³/mol. The Hall–Kier alpha value is 0.190. The highest BCUT2D eigenvalue weighted by Crippen LogP contribution is 2.32. The molecule has 2 nitrogen and oxygen atoms in total. The summed E-state index contributed by atoms with van der Waals surface area (Å²) in [5.74, 6) is 1.80. The Kier molecular flexibility index (Phi) is 5.96. The molecule has 0 aromatic heterocycles. The van der Waals surface area contributed by atoms with Crippen molar-refractivity contribution < 1.29 is 4.79 Å². The molecular formula is C14H16BrClINO. The highest BCUT2D eigenvalue weighted by molar-refractivity contribution is 14.1. The van der Waals surface area contributed by atoms with Gasteiger partial charge in [0.05, 0.1) is 5.56 Å². The maximum Gasteiger partial charge on any atom is 0.252 e. The molecule has 0 spiro atoms. The number of alkyl halides is 1. The van der Waals surface area contributed by atoms with Gasteiger partial charge in [-0.2, -0.15) is 0 Å². The fraction of sp³-hybridized carbons (Fsp3) is 0.500. The summed E-state index contributed by atoms with van der Waals surface area (Å²) in [5.41, 5.74) is 0.732. The summed E-state index contributed by atoms with van der Waals surface area (Å²) < 4.78 is 1.90. The fourth-order valence-corrected chi connectivity index (χ4v) is 3.92. The van der Waals surface area contributed by atoms with Crippen LogP contribution < -0.4 is 5.32 Å². The third kappa shape index (κ3) is 4.08. The number of carbonyl (C=O) groups is 1. The van der Waals surface area contributed by atoms with E-state index in [1.165, 1.54) is 19.3 Å². The van der Waals surface area contributed by atoms with Crippen molar-refractivity contribution in [3.63, 3.8) is 0 Å². The van der Waals surface area contributed by atoms with Crippen LogP contribution in [0.4, 0.5) is 0 Å². The second-order valence-corrected chi connectivity index (χ2v) is 7.33. The van der Waals surface area contributed by atoms with E-state index < -0.39 is 0 Å². The average molecular weight is 457 g/mol. The molecule has 0 saturated heterocycles. The van der Waals surface area contributed by atoms with Gasteiger partial charge in [-0.1, -0.05) is 22.4 Å². The first-order valence-electron chi connectivity index (χ1n) is 6.41. The van der Waals surface area contributed by atoms with Crippen LogP contribution >= 0.6 is 50.1 Å². The molecule has 1 aliphatic rings. The minimum absolute atomic E-state index is 0.00548. The standard InChI is InChI=1S/C14H16BrClINO/c15-11-4-5-13(17)12(6-11)14(19)18-8-10-3-1-2-9(10)7-16/h4-6,9-10H,1-3,7-8H2,(H,18,19). The second-order valence-electron chi connectivity index (χ2n) is 4.94. The van der Waals surface area contributed by atoms with E-state index >= 15 is 0 Å². The molecule has 104 valence electrons. The van der Waals surface area contributed by atoms with Crippen LogP contribution in [-0.4, -0.2) is 18.3 Å². The molecule has 1 aliphatic carbocycles. The largest absolute Gasteiger partial charge is 0.352 e. The van der Waals surface area contributed by atoms with Crippen molar-refractivity contribution >= 4 is 56.0 Å². The number of carbonyl (C=O) groups excluding carboxylic acids is 1. The summed E-state index contributed by atoms with van der Waals surface area (Å²) in [4.78, 5) is 12.2. The Balaban J connectivity index is 1.96. The molecule has 1 fully saturated rings. The minimum atomic E-state index is 0.00548. The monoisotopic (exact) mass is 455 g/mol. The molecule has 1 amide bonds. The first kappa shape index (κ1) is 15.6. The first-order chi connectivity index (χ1) is 9.11. The van der Waals surface area contributed by atoms with Gasteiger partial charge in [-0.15, -0.1) is 11.6 Å². The SMILES string of the molecule is O=C(NCC1CCCC1CCl)c1cc(Br)ccc1I. The Labute approximate surface area is 140 Å². The average Bonchev–Trinajstić information content (AvgIpc) is 2.86. The molecule has 1 aromatic rings. The van der Waals surface area contributed by atoms with Gasteiger partial charge in [0.15, 0.2) is 0 Å². The molecule has 0 radical (unpaired) electrons. The van der Waals surface area contributed by atoms with Gasteiger partial charge < -0.3 is 5.32 Å². The molecule has 0 aliphatic heterocycles. The van der Waals surface area contributed by atoms with Crippen LogP contribution in [0.25, 0.3) is 0 Å². The summed E-state index contributed by atoms with van der Waals surface area (Å²) >= 11 is 11.6. The topological polar surface area (TPSA) is 29.1 Å². The van der Waals surface area contributed by atoms with Crippen LogP contribution in [-0.2, 0) is 0 Å². The lowest BCUT2D eigenvalue weighted by atomic mass is 9.98. The number of rotatable bonds is 4. The van der Waals surface area contributed by atoms with Crippen molar-refractivity contribution in [1.82, 2.24) is 5.32 Å². The first-order valence-corrected chi connectivity index (χ1v) is 8.81. The zero-order valence-corrected chi connectivity index (χ0v) is 15.0. The van der Waals surface area contributed by atoms with Crippen LogP contribution in [0.5, 0.6) is 0 Å². The van der Waals surface area contributed by atoms with Crippen molar-refractivity contribution in [3.05, 3.63) is 31.8 Å². The summed E-state index contributed by atoms with van der Waals surface area (Å²) in [6.45, 7) is 0.735. The molecule has 2 rings (SSSR count). The van der Waals surface area contributed by atoms with E-state index in [2.05, 4.69) is 43.8 Å². The maximum atomic E-state index is 12.2. The van der Waals surface area contributed by atoms with E-state index in [0.717, 1.165) is 20.2 Å². The van der Waals surface area contributed by atoms with Crippen LogP contribution in [0.2, 0.25) is 0 Å². The van der Waals surface area contributed by atoms with Gasteiger partial charge in [0.1, 0.15) is 0 Å². The fourth-order valence-electron chi connectivity index (χ4n) is 2.58. The summed E-state index contributed by atoms with van der Waals surface area (Å²) in [6, 6.07) is 5.75. The lowest BCUT2D eigenvalue weighted by Crippen LogP contribution is -2.31. The van der Waals surface area contributed by atoms with E-state index in [4.69, 9.17) is 11.6 Å². The molecule has 0 bridgehead atoms. The molecule has 0 heterocycles. The van der Waals surface area contributed by atoms with Gasteiger partial charge in [0, 0.05) is 20.5 Å². The molecule has 19 heavy (non-hydrogen) atoms. The van der Waals surface area contributed by atoms with Crippen molar-refractivity contribution in [2.24, 2.45) is 11.8 Å². The Morgan fingerprint density at radius 1 is 1.42 bits per heavy atom. The van der Waals surface area contributed by atoms with Crippen molar-refractivity contribution in [3.8, 4) is 0 Å². The van der Waals surface area contributed by atoms with Gasteiger partial charge in [-0.25, -0.2) is 0 Å². The van der Waals surface area contributed by atoms with Crippen molar-refractivity contribution in [2.75, 3.05) is 12.4 Å². The van der Waals surface area contributed by atoms with E-state index in [1.54, 1.807) is 0 Å². The smallest absolute Gasteiger partial charge is 0.252 e. The van der Waals surface area contributed by atoms with Crippen molar-refractivity contribution in [1.29, 1.82) is 0 Å². The van der Waals surface area contributed by atoms with E-state index in [-0.39, 0.29) is 5.91 Å². The quantitative estimate of drug-likeness (QED) is 0.527. The molecule has 2 unspecified atom stereocenters. The van der Waals surface area contributed by atoms with Crippen molar-refractivity contribution in [2.45, 2.75) is 19.3 Å². The Morgan fingerprint density at radius 3 is 2.89 bits per heavy atom. The maximum absolute atomic E-state index is 12.2. The van der Waals surface area contributed by atoms with Crippen LogP contribution in [0.3, 0.4) is 0 Å². The number of nitrogens with one attached hydrogen (secondary N) is 1. The van der Waals surface area contributed by atoms with E-state index in [0.29, 0.717) is 17.7 Å². The van der Waals surface area contributed by atoms with Gasteiger partial charge >= 0.3 is 0 Å². The lowest BCUT2D eigenvalue weighted by molar-refractivity contribution is 0.0943. The number of amides is 1. The zero-order chi connectivity index (χ0) is 13.8. The Morgan fingerprint density at radius 2 is 2.16 bits per heavy atom. The number of hydrogen-bond donors (Lipinski definition) is 1. The lowest BCUT2D eigenvalue weighted by Gasteiger charge is -2.18. The summed E-state index contributed by atoms with van der Waals surface area (Å²) in [7, 11) is 0. The molecule has 5 heteroatoms. The third-order valence-electron chi connectivity index (χ3n) is 3.71. The molecule has 1 N–H and O–H groups in total. The molecule has 2 atom stereocenters. The summed E-state index contributed by atoms with van der Waals surface area (Å²) in [5, 5.41) is 3.05. The third-order valence-corrected chi connectivity index (χ3v) is 5.54. The number of hydrogen-bond acceptors (Lipinski definition) is 1. The molecule has 1 saturated carbocycles.